The topological polar surface area (TPSA) is 119 Å². The minimum absolute atomic E-state index is 0.320. The SMILES string of the molecule is CC1(C)C(=O)NC(=O)CN1C(=O)C(=O)NCC#N. The summed E-state index contributed by atoms with van der Waals surface area (Å²) in [5.41, 5.74) is -1.30. The van der Waals surface area contributed by atoms with E-state index in [1.165, 1.54) is 13.8 Å². The van der Waals surface area contributed by atoms with Crippen LogP contribution in [0.1, 0.15) is 13.8 Å². The van der Waals surface area contributed by atoms with Crippen LogP contribution in [0.15, 0.2) is 0 Å². The molecule has 0 atom stereocenters. The Labute approximate surface area is 103 Å². The Bertz CT molecular complexity index is 463. The number of carbonyl (C=O) groups excluding carboxylic acids is 4. The van der Waals surface area contributed by atoms with E-state index in [0.29, 0.717) is 0 Å². The lowest BCUT2D eigenvalue weighted by Crippen LogP contribution is -2.67. The maximum Gasteiger partial charge on any atom is 0.313 e. The van der Waals surface area contributed by atoms with Gasteiger partial charge in [0.15, 0.2) is 0 Å². The zero-order chi connectivity index (χ0) is 13.9. The van der Waals surface area contributed by atoms with Crippen molar-refractivity contribution in [2.75, 3.05) is 13.1 Å². The number of nitrogens with one attached hydrogen (secondary N) is 2. The first-order chi connectivity index (χ1) is 8.30. The number of imide groups is 1. The van der Waals surface area contributed by atoms with Crippen molar-refractivity contribution in [2.45, 2.75) is 19.4 Å². The first-order valence-corrected chi connectivity index (χ1v) is 5.11. The van der Waals surface area contributed by atoms with E-state index in [-0.39, 0.29) is 13.1 Å². The predicted octanol–water partition coefficient (Wildman–Crippen LogP) is -2.11. The van der Waals surface area contributed by atoms with Gasteiger partial charge in [0.05, 0.1) is 6.07 Å². The molecule has 0 aromatic heterocycles. The molecule has 0 spiro atoms. The molecular formula is C10H12N4O4. The van der Waals surface area contributed by atoms with Crippen molar-refractivity contribution < 1.29 is 19.2 Å². The maximum absolute atomic E-state index is 11.8. The van der Waals surface area contributed by atoms with Gasteiger partial charge in [-0.1, -0.05) is 0 Å². The van der Waals surface area contributed by atoms with E-state index in [4.69, 9.17) is 5.26 Å². The van der Waals surface area contributed by atoms with Gasteiger partial charge in [0, 0.05) is 0 Å². The highest BCUT2D eigenvalue weighted by molar-refractivity contribution is 6.36. The van der Waals surface area contributed by atoms with E-state index < -0.39 is 29.2 Å². The number of piperazine rings is 1. The molecule has 1 heterocycles. The van der Waals surface area contributed by atoms with Crippen LogP contribution in [0.25, 0.3) is 0 Å². The van der Waals surface area contributed by atoms with Gasteiger partial charge in [-0.2, -0.15) is 5.26 Å². The summed E-state index contributed by atoms with van der Waals surface area (Å²) in [7, 11) is 0. The Morgan fingerprint density at radius 3 is 2.67 bits per heavy atom. The Balaban J connectivity index is 2.89. The van der Waals surface area contributed by atoms with Gasteiger partial charge in [0.25, 0.3) is 5.91 Å². The lowest BCUT2D eigenvalue weighted by Gasteiger charge is -2.39. The average Bonchev–Trinajstić information content (AvgIpc) is 2.30. The zero-order valence-electron chi connectivity index (χ0n) is 9.94. The van der Waals surface area contributed by atoms with Gasteiger partial charge in [-0.15, -0.1) is 0 Å². The average molecular weight is 252 g/mol. The van der Waals surface area contributed by atoms with Crippen LogP contribution >= 0.6 is 0 Å². The number of hydrogen-bond donors (Lipinski definition) is 2. The fourth-order valence-corrected chi connectivity index (χ4v) is 1.43. The van der Waals surface area contributed by atoms with Crippen LogP contribution in [-0.2, 0) is 19.2 Å². The molecule has 0 unspecified atom stereocenters. The fraction of sp³-hybridized carbons (Fsp3) is 0.500. The molecule has 0 saturated carbocycles. The number of nitriles is 1. The summed E-state index contributed by atoms with van der Waals surface area (Å²) in [6.07, 6.45) is 0. The first kappa shape index (κ1) is 13.6. The van der Waals surface area contributed by atoms with Gasteiger partial charge >= 0.3 is 11.8 Å². The number of amides is 4. The first-order valence-electron chi connectivity index (χ1n) is 5.11. The Hall–Kier alpha value is -2.43. The Morgan fingerprint density at radius 2 is 2.11 bits per heavy atom. The quantitative estimate of drug-likeness (QED) is 0.314. The summed E-state index contributed by atoms with van der Waals surface area (Å²) in [5.74, 6) is -3.34. The van der Waals surface area contributed by atoms with E-state index in [9.17, 15) is 19.2 Å². The fourth-order valence-electron chi connectivity index (χ4n) is 1.43. The summed E-state index contributed by atoms with van der Waals surface area (Å²) in [6.45, 7) is 2.14. The number of rotatable bonds is 1. The van der Waals surface area contributed by atoms with E-state index in [2.05, 4.69) is 10.6 Å². The molecule has 96 valence electrons. The lowest BCUT2D eigenvalue weighted by atomic mass is 9.98. The molecule has 0 aliphatic carbocycles. The van der Waals surface area contributed by atoms with Gasteiger partial charge in [-0.25, -0.2) is 0 Å². The third-order valence-electron chi connectivity index (χ3n) is 2.55. The lowest BCUT2D eigenvalue weighted by molar-refractivity contribution is -0.159. The van der Waals surface area contributed by atoms with Crippen LogP contribution in [0.2, 0.25) is 0 Å². The molecule has 8 nitrogen and oxygen atoms in total. The second-order valence-corrected chi connectivity index (χ2v) is 4.17. The van der Waals surface area contributed by atoms with Crippen LogP contribution in [0.4, 0.5) is 0 Å². The summed E-state index contributed by atoms with van der Waals surface area (Å²) in [4.78, 5) is 46.8. The van der Waals surface area contributed by atoms with Crippen LogP contribution in [0, 0.1) is 11.3 Å². The van der Waals surface area contributed by atoms with Gasteiger partial charge < -0.3 is 10.2 Å². The van der Waals surface area contributed by atoms with Gasteiger partial charge in [0.2, 0.25) is 5.91 Å². The van der Waals surface area contributed by atoms with Crippen molar-refractivity contribution in [2.24, 2.45) is 0 Å². The van der Waals surface area contributed by atoms with Crippen molar-refractivity contribution >= 4 is 23.6 Å². The molecule has 2 N–H and O–H groups in total. The van der Waals surface area contributed by atoms with E-state index in [1.807, 2.05) is 0 Å². The minimum Gasteiger partial charge on any atom is -0.335 e. The highest BCUT2D eigenvalue weighted by Gasteiger charge is 2.45. The number of carbonyl (C=O) groups is 4. The summed E-state index contributed by atoms with van der Waals surface area (Å²) in [5, 5.41) is 12.4. The number of nitrogens with zero attached hydrogens (tertiary/aromatic N) is 2. The predicted molar refractivity (Wildman–Crippen MR) is 57.6 cm³/mol. The summed E-state index contributed by atoms with van der Waals surface area (Å²) in [6, 6.07) is 1.65. The standard InChI is InChI=1S/C10H12N4O4/c1-10(2)9(18)13-6(15)5-14(10)8(17)7(16)12-4-3-11/h4-5H2,1-2H3,(H,12,16)(H,13,15,18). The molecular weight excluding hydrogens is 240 g/mol. The monoisotopic (exact) mass is 252 g/mol. The smallest absolute Gasteiger partial charge is 0.313 e. The van der Waals surface area contributed by atoms with Crippen LogP contribution in [0.3, 0.4) is 0 Å². The molecule has 1 aliphatic rings. The van der Waals surface area contributed by atoms with Crippen LogP contribution in [0.5, 0.6) is 0 Å². The van der Waals surface area contributed by atoms with Crippen molar-refractivity contribution in [3.63, 3.8) is 0 Å². The molecule has 1 rings (SSSR count). The Morgan fingerprint density at radius 1 is 1.50 bits per heavy atom. The maximum atomic E-state index is 11.8. The van der Waals surface area contributed by atoms with Gasteiger partial charge in [-0.05, 0) is 13.8 Å². The minimum atomic E-state index is -1.30. The molecule has 4 amide bonds. The largest absolute Gasteiger partial charge is 0.335 e. The number of hydrogen-bond acceptors (Lipinski definition) is 5. The third-order valence-corrected chi connectivity index (χ3v) is 2.55. The molecule has 18 heavy (non-hydrogen) atoms. The second kappa shape index (κ2) is 4.83. The Kier molecular flexibility index (Phi) is 3.66. The summed E-state index contributed by atoms with van der Waals surface area (Å²) < 4.78 is 0. The van der Waals surface area contributed by atoms with Gasteiger partial charge in [-0.3, -0.25) is 24.5 Å². The van der Waals surface area contributed by atoms with Crippen molar-refractivity contribution in [3.8, 4) is 6.07 Å². The van der Waals surface area contributed by atoms with E-state index >= 15 is 0 Å². The highest BCUT2D eigenvalue weighted by atomic mass is 16.2. The highest BCUT2D eigenvalue weighted by Crippen LogP contribution is 2.18. The molecule has 1 saturated heterocycles. The molecule has 0 radical (unpaired) electrons. The zero-order valence-corrected chi connectivity index (χ0v) is 9.94. The van der Waals surface area contributed by atoms with Gasteiger partial charge in [0.1, 0.15) is 18.6 Å². The second-order valence-electron chi connectivity index (χ2n) is 4.17. The molecule has 0 aromatic carbocycles. The van der Waals surface area contributed by atoms with Crippen LogP contribution < -0.4 is 10.6 Å². The van der Waals surface area contributed by atoms with Crippen molar-refractivity contribution in [1.29, 1.82) is 5.26 Å². The molecule has 8 heteroatoms. The molecule has 1 fully saturated rings. The normalized spacial score (nSPS) is 17.7. The molecule has 0 aromatic rings. The van der Waals surface area contributed by atoms with E-state index in [1.54, 1.807) is 6.07 Å². The van der Waals surface area contributed by atoms with Crippen LogP contribution in [-0.4, -0.2) is 47.2 Å². The van der Waals surface area contributed by atoms with E-state index in [0.717, 1.165) is 4.90 Å². The summed E-state index contributed by atoms with van der Waals surface area (Å²) >= 11 is 0. The molecule has 0 bridgehead atoms. The third kappa shape index (κ3) is 2.45. The van der Waals surface area contributed by atoms with Crippen molar-refractivity contribution in [1.82, 2.24) is 15.5 Å². The molecule has 1 aliphatic heterocycles. The van der Waals surface area contributed by atoms with Crippen molar-refractivity contribution in [3.05, 3.63) is 0 Å².